The molecule has 0 aliphatic carbocycles. The molecule has 0 atom stereocenters. The minimum Gasteiger partial charge on any atom is -0.297 e. The molecule has 36 valence electrons. The molecule has 0 aromatic carbocycles. The van der Waals surface area contributed by atoms with Gasteiger partial charge in [0.05, 0.1) is 0 Å². The van der Waals surface area contributed by atoms with Gasteiger partial charge in [-0.2, -0.15) is 0 Å². The average molecular weight is 413 g/mol. The van der Waals surface area contributed by atoms with Crippen molar-refractivity contribution in [3.63, 3.8) is 0 Å². The third-order valence-electron chi connectivity index (χ3n) is 0. The Kier molecular flexibility index (Phi) is 28.0. The van der Waals surface area contributed by atoms with Gasteiger partial charge in [0.25, 0.3) is 6.41 Å². The summed E-state index contributed by atoms with van der Waals surface area (Å²) in [6, 6.07) is 0. The summed E-state index contributed by atoms with van der Waals surface area (Å²) >= 11 is 6.22. The average Bonchev–Trinajstić information content (AvgIpc) is 1.39. The largest absolute Gasteiger partial charge is 0.297 e. The summed E-state index contributed by atoms with van der Waals surface area (Å²) in [4.78, 5) is 8.69. The molecule has 0 heterocycles. The van der Waals surface area contributed by atoms with Crippen LogP contribution in [-0.2, 0) is 4.79 Å². The summed E-state index contributed by atoms with van der Waals surface area (Å²) < 4.78 is 0. The number of hydrogen-bond donors (Lipinski definition) is 1. The van der Waals surface area contributed by atoms with Gasteiger partial charge in [0.15, 0.2) is 0 Å². The normalized spacial score (nSPS) is 5.17. The van der Waals surface area contributed by atoms with Gasteiger partial charge >= 0.3 is 43.4 Å². The van der Waals surface area contributed by atoms with Crippen LogP contribution in [0.15, 0.2) is 0 Å². The Labute approximate surface area is 59.7 Å². The molecule has 0 unspecified atom stereocenters. The van der Waals surface area contributed by atoms with E-state index in [9.17, 15) is 0 Å². The van der Waals surface area contributed by atoms with Crippen molar-refractivity contribution in [3.8, 4) is 0 Å². The molecular weight excluding hydrogens is 409 g/mol. The van der Waals surface area contributed by atoms with Gasteiger partial charge in [-0.15, -0.1) is 0 Å². The summed E-state index contributed by atoms with van der Waals surface area (Å²) in [6.45, 7) is 0. The van der Waals surface area contributed by atoms with Crippen LogP contribution in [0.5, 0.6) is 0 Å². The van der Waals surface area contributed by atoms with E-state index in [0.717, 1.165) is 0 Å². The first-order chi connectivity index (χ1) is 2.83. The minimum atomic E-state index is -0.292. The summed E-state index contributed by atoms with van der Waals surface area (Å²) in [5, 5.41) is 0. The van der Waals surface area contributed by atoms with Gasteiger partial charge in [-0.1, -0.05) is 0 Å². The number of hydrogen-bond acceptors (Lipinski definition) is 1. The van der Waals surface area contributed by atoms with E-state index < -0.39 is 0 Å². The maximum absolute atomic E-state index is 8.69. The number of amides is 1. The molecule has 0 aliphatic heterocycles. The predicted molar refractivity (Wildman–Crippen MR) is 32.6 cm³/mol. The molecule has 0 aromatic heterocycles. The molecule has 3 N–H and O–H groups in total. The fourth-order valence-electron chi connectivity index (χ4n) is 0. The molecular formula is CH4Br2NOPb+. The molecule has 2 radical (unpaired) electrons. The Morgan fingerprint density at radius 3 is 1.67 bits per heavy atom. The third-order valence-corrected chi connectivity index (χ3v) is 0. The number of halogens is 2. The second kappa shape index (κ2) is 16.0. The molecule has 1 amide bonds. The molecule has 0 saturated heterocycles. The zero-order chi connectivity index (χ0) is 5.41. The van der Waals surface area contributed by atoms with Crippen LogP contribution in [0.25, 0.3) is 0 Å². The predicted octanol–water partition coefficient (Wildman–Crippen LogP) is -0.305. The molecule has 0 bridgehead atoms. The Balaban J connectivity index is 0. The molecule has 0 rings (SSSR count). The van der Waals surface area contributed by atoms with E-state index >= 15 is 0 Å². The maximum Gasteiger partial charge on any atom is 0.296 e. The molecule has 0 fully saturated rings. The summed E-state index contributed by atoms with van der Waals surface area (Å²) in [7, 11) is 0. The number of rotatable bonds is 0. The van der Waals surface area contributed by atoms with Crippen molar-refractivity contribution in [1.29, 1.82) is 0 Å². The summed E-state index contributed by atoms with van der Waals surface area (Å²) in [6.07, 6.45) is 0.500. The van der Waals surface area contributed by atoms with E-state index in [1.807, 2.05) is 0 Å². The van der Waals surface area contributed by atoms with Gasteiger partial charge in [-0.3, -0.25) is 5.73 Å². The second-order valence-electron chi connectivity index (χ2n) is 0.238. The van der Waals surface area contributed by atoms with E-state index in [2.05, 4.69) is 29.7 Å². The van der Waals surface area contributed by atoms with Crippen molar-refractivity contribution >= 4 is 49.8 Å². The molecule has 0 aliphatic rings. The van der Waals surface area contributed by atoms with Crippen LogP contribution >= 0.6 is 24.0 Å². The van der Waals surface area contributed by atoms with Gasteiger partial charge in [0.2, 0.25) is 0 Å². The Morgan fingerprint density at radius 2 is 1.67 bits per heavy atom. The quantitative estimate of drug-likeness (QED) is 0.430. The zero-order valence-corrected chi connectivity index (χ0v) is 10.0. The van der Waals surface area contributed by atoms with Crippen molar-refractivity contribution in [2.24, 2.45) is 0 Å². The molecule has 0 spiro atoms. The van der Waals surface area contributed by atoms with Crippen LogP contribution in [-0.4, -0.2) is 25.8 Å². The number of carbonyl (C=O) groups excluding carboxylic acids is 1. The van der Waals surface area contributed by atoms with E-state index in [4.69, 9.17) is 4.79 Å². The van der Waals surface area contributed by atoms with Crippen LogP contribution in [0, 0.1) is 0 Å². The van der Waals surface area contributed by atoms with Crippen molar-refractivity contribution in [3.05, 3.63) is 0 Å². The van der Waals surface area contributed by atoms with Gasteiger partial charge < -0.3 is 0 Å². The van der Waals surface area contributed by atoms with Gasteiger partial charge in [0, 0.05) is 0 Å². The molecule has 0 saturated carbocycles. The smallest absolute Gasteiger partial charge is 0.296 e. The van der Waals surface area contributed by atoms with Crippen LogP contribution in [0.2, 0.25) is 0 Å². The van der Waals surface area contributed by atoms with E-state index in [1.165, 1.54) is 0 Å². The number of quaternary nitrogens is 1. The summed E-state index contributed by atoms with van der Waals surface area (Å²) in [5.74, 6) is 0. The van der Waals surface area contributed by atoms with Crippen molar-refractivity contribution < 1.29 is 10.5 Å². The fourth-order valence-corrected chi connectivity index (χ4v) is 0. The Morgan fingerprint density at radius 1 is 1.67 bits per heavy atom. The van der Waals surface area contributed by atoms with Crippen molar-refractivity contribution in [1.82, 2.24) is 0 Å². The maximum atomic E-state index is 8.69. The van der Waals surface area contributed by atoms with E-state index in [1.54, 1.807) is 0 Å². The standard InChI is InChI=1S/CH3NO.2BrH.Pb/c2-1-3;;;/h1H,(H2,2,3);2*1H;/q;;;+2/p-1. The van der Waals surface area contributed by atoms with Gasteiger partial charge in [-0.05, 0) is 0 Å². The molecule has 0 aromatic rings. The van der Waals surface area contributed by atoms with Crippen LogP contribution in [0.3, 0.4) is 0 Å². The van der Waals surface area contributed by atoms with Gasteiger partial charge in [-0.25, -0.2) is 4.79 Å². The van der Waals surface area contributed by atoms with Crippen LogP contribution in [0.1, 0.15) is 0 Å². The Hall–Kier alpha value is 1.51. The van der Waals surface area contributed by atoms with Gasteiger partial charge in [0.1, 0.15) is 0 Å². The van der Waals surface area contributed by atoms with Crippen molar-refractivity contribution in [2.75, 3.05) is 0 Å². The topological polar surface area (TPSA) is 44.7 Å². The first-order valence-electron chi connectivity index (χ1n) is 1.02. The molecule has 6 heavy (non-hydrogen) atoms. The van der Waals surface area contributed by atoms with E-state index in [-0.39, 0.29) is 19.4 Å². The molecule has 2 nitrogen and oxygen atoms in total. The van der Waals surface area contributed by atoms with Crippen molar-refractivity contribution in [2.45, 2.75) is 0 Å². The summed E-state index contributed by atoms with van der Waals surface area (Å²) in [5.41, 5.74) is 2.81. The third kappa shape index (κ3) is 49.1. The SMILES string of the molecule is [Br][Pb][Br].[NH3+]C=O. The van der Waals surface area contributed by atoms with E-state index in [0.29, 0.717) is 6.41 Å². The fraction of sp³-hybridized carbons (Fsp3) is 0. The van der Waals surface area contributed by atoms with Crippen LogP contribution in [0.4, 0.5) is 0 Å². The zero-order valence-electron chi connectivity index (χ0n) is 2.95. The second-order valence-corrected chi connectivity index (χ2v) is 17.1. The Bertz CT molecular complexity index is 27.5. The molecule has 5 heteroatoms. The van der Waals surface area contributed by atoms with Crippen LogP contribution < -0.4 is 5.73 Å². The minimum absolute atomic E-state index is 0.292. The first-order valence-corrected chi connectivity index (χ1v) is 17.9. The first kappa shape index (κ1) is 10.5. The monoisotopic (exact) mass is 412 g/mol. The number of carbonyl (C=O) groups is 1.